The molecule has 9 nitrogen and oxygen atoms in total. The highest BCUT2D eigenvalue weighted by atomic mass is 32.2. The van der Waals surface area contributed by atoms with Crippen molar-refractivity contribution in [2.75, 3.05) is 32.8 Å². The fraction of sp³-hybridized carbons (Fsp3) is 0.565. The first-order valence-corrected chi connectivity index (χ1v) is 12.8. The summed E-state index contributed by atoms with van der Waals surface area (Å²) in [7, 11) is -3.69. The second kappa shape index (κ2) is 9.92. The zero-order valence-electron chi connectivity index (χ0n) is 19.3. The molecular weight excluding hydrogens is 444 g/mol. The average Bonchev–Trinajstić information content (AvgIpc) is 2.78. The minimum absolute atomic E-state index is 0.0474. The first-order chi connectivity index (χ1) is 15.5. The molecule has 0 atom stereocenters. The van der Waals surface area contributed by atoms with Crippen LogP contribution in [0.1, 0.15) is 52.7 Å². The van der Waals surface area contributed by atoms with Crippen LogP contribution in [-0.4, -0.2) is 72.9 Å². The summed E-state index contributed by atoms with van der Waals surface area (Å²) in [6.07, 6.45) is 3.50. The Hall–Kier alpha value is -2.27. The van der Waals surface area contributed by atoms with Crippen LogP contribution >= 0.6 is 0 Å². The van der Waals surface area contributed by atoms with Crippen molar-refractivity contribution in [1.29, 1.82) is 0 Å². The maximum atomic E-state index is 12.9. The van der Waals surface area contributed by atoms with Crippen LogP contribution in [0, 0.1) is 19.8 Å². The van der Waals surface area contributed by atoms with Crippen LogP contribution in [-0.2, 0) is 14.8 Å². The van der Waals surface area contributed by atoms with E-state index in [1.54, 1.807) is 23.1 Å². The molecule has 2 fully saturated rings. The van der Waals surface area contributed by atoms with Crippen molar-refractivity contribution >= 4 is 27.9 Å². The molecule has 0 unspecified atom stereocenters. The molecule has 2 saturated heterocycles. The van der Waals surface area contributed by atoms with E-state index in [1.165, 1.54) is 4.31 Å². The highest BCUT2D eigenvalue weighted by Crippen LogP contribution is 2.25. The monoisotopic (exact) mass is 478 g/mol. The highest BCUT2D eigenvalue weighted by molar-refractivity contribution is 7.92. The lowest BCUT2D eigenvalue weighted by atomic mass is 9.89. The Morgan fingerprint density at radius 1 is 1.12 bits per heavy atom. The molecule has 2 aliphatic rings. The van der Waals surface area contributed by atoms with Crippen molar-refractivity contribution < 1.29 is 23.1 Å². The Morgan fingerprint density at radius 2 is 1.67 bits per heavy atom. The summed E-state index contributed by atoms with van der Waals surface area (Å²) in [5, 5.41) is 10.5. The van der Waals surface area contributed by atoms with Gasteiger partial charge in [-0.1, -0.05) is 0 Å². The van der Waals surface area contributed by atoms with Crippen LogP contribution in [0.2, 0.25) is 0 Å². The Bertz CT molecular complexity index is 1010. The van der Waals surface area contributed by atoms with Crippen LogP contribution in [0.3, 0.4) is 0 Å². The topological polar surface area (TPSA) is 147 Å². The van der Waals surface area contributed by atoms with Crippen molar-refractivity contribution in [1.82, 2.24) is 9.21 Å². The van der Waals surface area contributed by atoms with Crippen LogP contribution in [0.5, 0.6) is 0 Å². The lowest BCUT2D eigenvalue weighted by Gasteiger charge is -2.35. The molecule has 0 bridgehead atoms. The molecule has 0 spiro atoms. The summed E-state index contributed by atoms with van der Waals surface area (Å²) in [6.45, 7) is 5.36. The SMILES string of the molecule is Cc1cc(C(=O)N2CCC(CO)CC2)cc(C)c1/C=C/S(=O)(=O)N1CCC(N)(C(N)=O)CC1. The maximum Gasteiger partial charge on any atom is 0.253 e. The normalized spacial score (nSPS) is 20.3. The largest absolute Gasteiger partial charge is 0.396 e. The van der Waals surface area contributed by atoms with Crippen molar-refractivity contribution in [2.45, 2.75) is 45.1 Å². The minimum atomic E-state index is -3.69. The van der Waals surface area contributed by atoms with Gasteiger partial charge < -0.3 is 21.5 Å². The number of amides is 2. The third kappa shape index (κ3) is 5.63. The van der Waals surface area contributed by atoms with Gasteiger partial charge in [0, 0.05) is 43.8 Å². The summed E-state index contributed by atoms with van der Waals surface area (Å²) in [5.74, 6) is -0.411. The molecule has 182 valence electrons. The number of benzene rings is 1. The predicted octanol–water partition coefficient (Wildman–Crippen LogP) is 0.727. The molecule has 0 aliphatic carbocycles. The van der Waals surface area contributed by atoms with E-state index in [0.717, 1.165) is 34.9 Å². The molecule has 10 heteroatoms. The lowest BCUT2D eigenvalue weighted by molar-refractivity contribution is -0.124. The molecule has 2 heterocycles. The Balaban J connectivity index is 1.71. The van der Waals surface area contributed by atoms with E-state index >= 15 is 0 Å². The summed E-state index contributed by atoms with van der Waals surface area (Å²) in [6, 6.07) is 3.58. The molecule has 1 aromatic rings. The van der Waals surface area contributed by atoms with E-state index < -0.39 is 21.5 Å². The number of hydrogen-bond donors (Lipinski definition) is 3. The summed E-state index contributed by atoms with van der Waals surface area (Å²) < 4.78 is 26.9. The molecular formula is C23H34N4O5S. The van der Waals surface area contributed by atoms with E-state index in [1.807, 2.05) is 13.8 Å². The quantitative estimate of drug-likeness (QED) is 0.549. The van der Waals surface area contributed by atoms with E-state index in [-0.39, 0.29) is 44.4 Å². The van der Waals surface area contributed by atoms with Crippen molar-refractivity contribution in [3.8, 4) is 0 Å². The van der Waals surface area contributed by atoms with Crippen molar-refractivity contribution in [3.05, 3.63) is 39.8 Å². The van der Waals surface area contributed by atoms with Gasteiger partial charge in [-0.25, -0.2) is 8.42 Å². The van der Waals surface area contributed by atoms with Gasteiger partial charge in [0.25, 0.3) is 5.91 Å². The van der Waals surface area contributed by atoms with Gasteiger partial charge in [0.1, 0.15) is 0 Å². The Kier molecular flexibility index (Phi) is 7.62. The average molecular weight is 479 g/mol. The number of carbonyl (C=O) groups excluding carboxylic acids is 2. The standard InChI is InChI=1S/C23H34N4O5S/c1-16-13-19(21(29)26-8-3-18(15-28)4-9-26)14-17(2)20(16)5-12-33(31,32)27-10-6-23(25,7-11-27)22(24)30/h5,12-14,18,28H,3-4,6-11,15,25H2,1-2H3,(H2,24,30)/b12-5+. The third-order valence-electron chi connectivity index (χ3n) is 6.87. The number of nitrogens with zero attached hydrogens (tertiary/aromatic N) is 2. The number of carbonyl (C=O) groups is 2. The predicted molar refractivity (Wildman–Crippen MR) is 127 cm³/mol. The van der Waals surface area contributed by atoms with Crippen molar-refractivity contribution in [2.24, 2.45) is 17.4 Å². The second-order valence-corrected chi connectivity index (χ2v) is 11.0. The van der Waals surface area contributed by atoms with E-state index in [2.05, 4.69) is 0 Å². The number of piperidine rings is 2. The van der Waals surface area contributed by atoms with Gasteiger partial charge in [-0.05, 0) is 80.3 Å². The van der Waals surface area contributed by atoms with E-state index in [9.17, 15) is 23.1 Å². The molecule has 0 saturated carbocycles. The summed E-state index contributed by atoms with van der Waals surface area (Å²) >= 11 is 0. The summed E-state index contributed by atoms with van der Waals surface area (Å²) in [4.78, 5) is 26.2. The number of sulfonamides is 1. The second-order valence-electron chi connectivity index (χ2n) is 9.21. The first kappa shape index (κ1) is 25.4. The minimum Gasteiger partial charge on any atom is -0.396 e. The number of aliphatic hydroxyl groups is 1. The van der Waals surface area contributed by atoms with Gasteiger partial charge in [0.2, 0.25) is 15.9 Å². The molecule has 0 aromatic heterocycles. The van der Waals surface area contributed by atoms with Gasteiger partial charge in [0.15, 0.2) is 0 Å². The lowest BCUT2D eigenvalue weighted by Crippen LogP contribution is -2.58. The smallest absolute Gasteiger partial charge is 0.253 e. The van der Waals surface area contributed by atoms with Crippen LogP contribution < -0.4 is 11.5 Å². The molecule has 2 aliphatic heterocycles. The number of likely N-dealkylation sites (tertiary alicyclic amines) is 1. The Labute approximate surface area is 195 Å². The number of rotatable bonds is 6. The van der Waals surface area contributed by atoms with E-state index in [4.69, 9.17) is 11.5 Å². The van der Waals surface area contributed by atoms with Crippen LogP contribution in [0.25, 0.3) is 6.08 Å². The van der Waals surface area contributed by atoms with Gasteiger partial charge in [0.05, 0.1) is 5.54 Å². The molecule has 2 amide bonds. The molecule has 3 rings (SSSR count). The first-order valence-electron chi connectivity index (χ1n) is 11.3. The Morgan fingerprint density at radius 3 is 2.15 bits per heavy atom. The number of aryl methyl sites for hydroxylation is 2. The van der Waals surface area contributed by atoms with Gasteiger partial charge in [-0.3, -0.25) is 9.59 Å². The fourth-order valence-corrected chi connectivity index (χ4v) is 5.66. The van der Waals surface area contributed by atoms with Gasteiger partial charge in [-0.15, -0.1) is 0 Å². The van der Waals surface area contributed by atoms with Crippen molar-refractivity contribution in [3.63, 3.8) is 0 Å². The molecule has 0 radical (unpaired) electrons. The van der Waals surface area contributed by atoms with Gasteiger partial charge in [-0.2, -0.15) is 4.31 Å². The molecule has 33 heavy (non-hydrogen) atoms. The van der Waals surface area contributed by atoms with E-state index in [0.29, 0.717) is 18.7 Å². The van der Waals surface area contributed by atoms with Gasteiger partial charge >= 0.3 is 0 Å². The van der Waals surface area contributed by atoms with Crippen LogP contribution in [0.4, 0.5) is 0 Å². The molecule has 1 aromatic carbocycles. The maximum absolute atomic E-state index is 12.9. The number of aliphatic hydroxyl groups excluding tert-OH is 1. The van der Waals surface area contributed by atoms with Crippen LogP contribution in [0.15, 0.2) is 17.5 Å². The fourth-order valence-electron chi connectivity index (χ4n) is 4.49. The highest BCUT2D eigenvalue weighted by Gasteiger charge is 2.38. The zero-order valence-corrected chi connectivity index (χ0v) is 20.1. The third-order valence-corrected chi connectivity index (χ3v) is 8.44. The molecule has 5 N–H and O–H groups in total. The zero-order chi connectivity index (χ0) is 24.4. The summed E-state index contributed by atoms with van der Waals surface area (Å²) in [5.41, 5.74) is 13.1. The number of primary amides is 1. The number of nitrogens with two attached hydrogens (primary N) is 2. The number of hydrogen-bond acceptors (Lipinski definition) is 6.